The topological polar surface area (TPSA) is 12.0 Å². The third kappa shape index (κ3) is 4.48. The molecular formula is C18H35N. The van der Waals surface area contributed by atoms with Gasteiger partial charge in [0, 0.05) is 6.04 Å². The number of fused-ring (bicyclic) bond motifs is 1. The van der Waals surface area contributed by atoms with Crippen molar-refractivity contribution in [1.29, 1.82) is 0 Å². The second kappa shape index (κ2) is 8.29. The minimum Gasteiger partial charge on any atom is -0.314 e. The first-order chi connectivity index (χ1) is 9.38. The molecule has 2 saturated carbocycles. The summed E-state index contributed by atoms with van der Waals surface area (Å²) in [5.74, 6) is 3.28. The van der Waals surface area contributed by atoms with Gasteiger partial charge in [-0.3, -0.25) is 0 Å². The highest BCUT2D eigenvalue weighted by molar-refractivity contribution is 5.04. The molecule has 0 amide bonds. The van der Waals surface area contributed by atoms with Gasteiger partial charge in [-0.1, -0.05) is 58.8 Å². The standard InChI is InChI=1S/C18H35N/c1-3-5-6-7-8-13-17(19-14-4-2)18-15-11-9-10-12-16(15)18/h15-19H,3-14H2,1-2H3. The zero-order valence-corrected chi connectivity index (χ0v) is 13.3. The van der Waals surface area contributed by atoms with Crippen molar-refractivity contribution < 1.29 is 0 Å². The molecule has 0 bridgehead atoms. The Morgan fingerprint density at radius 2 is 1.58 bits per heavy atom. The molecule has 112 valence electrons. The SMILES string of the molecule is CCCCCCCC(NCCC)C1C2CCCCC21. The second-order valence-corrected chi connectivity index (χ2v) is 6.95. The van der Waals surface area contributed by atoms with Crippen molar-refractivity contribution in [3.05, 3.63) is 0 Å². The van der Waals surface area contributed by atoms with Crippen LogP contribution in [0.5, 0.6) is 0 Å². The smallest absolute Gasteiger partial charge is 0.0101 e. The van der Waals surface area contributed by atoms with Gasteiger partial charge in [-0.2, -0.15) is 0 Å². The maximum atomic E-state index is 3.88. The van der Waals surface area contributed by atoms with Crippen molar-refractivity contribution >= 4 is 0 Å². The van der Waals surface area contributed by atoms with Crippen LogP contribution in [-0.4, -0.2) is 12.6 Å². The summed E-state index contributed by atoms with van der Waals surface area (Å²) in [5.41, 5.74) is 0. The molecular weight excluding hydrogens is 230 g/mol. The maximum Gasteiger partial charge on any atom is 0.0101 e. The van der Waals surface area contributed by atoms with E-state index in [0.29, 0.717) is 0 Å². The summed E-state index contributed by atoms with van der Waals surface area (Å²) in [6.07, 6.45) is 16.0. The Hall–Kier alpha value is -0.0400. The molecule has 19 heavy (non-hydrogen) atoms. The average molecular weight is 265 g/mol. The Bertz CT molecular complexity index is 226. The van der Waals surface area contributed by atoms with Gasteiger partial charge in [-0.05, 0) is 50.0 Å². The van der Waals surface area contributed by atoms with Gasteiger partial charge in [0.15, 0.2) is 0 Å². The lowest BCUT2D eigenvalue weighted by molar-refractivity contribution is 0.390. The number of hydrogen-bond donors (Lipinski definition) is 1. The van der Waals surface area contributed by atoms with Gasteiger partial charge in [-0.25, -0.2) is 0 Å². The summed E-state index contributed by atoms with van der Waals surface area (Å²) >= 11 is 0. The molecule has 1 nitrogen and oxygen atoms in total. The highest BCUT2D eigenvalue weighted by atomic mass is 14.9. The Balaban J connectivity index is 1.69. The summed E-state index contributed by atoms with van der Waals surface area (Å²) in [6.45, 7) is 5.83. The number of hydrogen-bond acceptors (Lipinski definition) is 1. The van der Waals surface area contributed by atoms with E-state index in [9.17, 15) is 0 Å². The van der Waals surface area contributed by atoms with Crippen LogP contribution < -0.4 is 5.32 Å². The molecule has 0 aromatic rings. The van der Waals surface area contributed by atoms with E-state index in [1.165, 1.54) is 77.2 Å². The van der Waals surface area contributed by atoms with Crippen LogP contribution in [0.1, 0.15) is 84.5 Å². The molecule has 0 aromatic heterocycles. The Kier molecular flexibility index (Phi) is 6.70. The largest absolute Gasteiger partial charge is 0.314 e. The van der Waals surface area contributed by atoms with E-state index in [2.05, 4.69) is 19.2 Å². The summed E-state index contributed by atoms with van der Waals surface area (Å²) < 4.78 is 0. The molecule has 0 aromatic carbocycles. The third-order valence-electron chi connectivity index (χ3n) is 5.46. The summed E-state index contributed by atoms with van der Waals surface area (Å²) in [6, 6.07) is 0.856. The number of rotatable bonds is 10. The molecule has 2 aliphatic rings. The van der Waals surface area contributed by atoms with E-state index in [4.69, 9.17) is 0 Å². The molecule has 0 aliphatic heterocycles. The molecule has 0 saturated heterocycles. The summed E-state index contributed by atoms with van der Waals surface area (Å²) in [4.78, 5) is 0. The zero-order valence-electron chi connectivity index (χ0n) is 13.3. The van der Waals surface area contributed by atoms with E-state index >= 15 is 0 Å². The van der Waals surface area contributed by atoms with E-state index < -0.39 is 0 Å². The molecule has 3 atom stereocenters. The van der Waals surface area contributed by atoms with Crippen LogP contribution in [0.25, 0.3) is 0 Å². The highest BCUT2D eigenvalue weighted by Crippen LogP contribution is 2.57. The first-order valence-electron chi connectivity index (χ1n) is 9.11. The minimum absolute atomic E-state index is 0.856. The number of nitrogens with one attached hydrogen (secondary N) is 1. The minimum atomic E-state index is 0.856. The van der Waals surface area contributed by atoms with Gasteiger partial charge in [0.1, 0.15) is 0 Å². The summed E-state index contributed by atoms with van der Waals surface area (Å²) in [7, 11) is 0. The van der Waals surface area contributed by atoms with E-state index in [1.54, 1.807) is 0 Å². The van der Waals surface area contributed by atoms with E-state index in [1.807, 2.05) is 0 Å². The van der Waals surface area contributed by atoms with Crippen molar-refractivity contribution in [3.63, 3.8) is 0 Å². The molecule has 3 unspecified atom stereocenters. The lowest BCUT2D eigenvalue weighted by Crippen LogP contribution is -2.32. The van der Waals surface area contributed by atoms with Crippen molar-refractivity contribution in [3.8, 4) is 0 Å². The quantitative estimate of drug-likeness (QED) is 0.539. The van der Waals surface area contributed by atoms with Crippen LogP contribution in [0, 0.1) is 17.8 Å². The fourth-order valence-corrected chi connectivity index (χ4v) is 4.37. The molecule has 2 rings (SSSR count). The van der Waals surface area contributed by atoms with Crippen molar-refractivity contribution in [1.82, 2.24) is 5.32 Å². The molecule has 2 fully saturated rings. The Morgan fingerprint density at radius 3 is 2.21 bits per heavy atom. The zero-order chi connectivity index (χ0) is 13.5. The number of unbranched alkanes of at least 4 members (excludes halogenated alkanes) is 4. The average Bonchev–Trinajstić information content (AvgIpc) is 3.16. The van der Waals surface area contributed by atoms with E-state index in [0.717, 1.165) is 23.8 Å². The Labute approximate surface area is 120 Å². The second-order valence-electron chi connectivity index (χ2n) is 6.95. The molecule has 0 heterocycles. The van der Waals surface area contributed by atoms with Crippen LogP contribution in [0.15, 0.2) is 0 Å². The van der Waals surface area contributed by atoms with Crippen molar-refractivity contribution in [2.45, 2.75) is 90.5 Å². The predicted octanol–water partition coefficient (Wildman–Crippen LogP) is 5.15. The lowest BCUT2D eigenvalue weighted by Gasteiger charge is -2.19. The van der Waals surface area contributed by atoms with E-state index in [-0.39, 0.29) is 0 Å². The fraction of sp³-hybridized carbons (Fsp3) is 1.00. The van der Waals surface area contributed by atoms with Gasteiger partial charge in [-0.15, -0.1) is 0 Å². The highest BCUT2D eigenvalue weighted by Gasteiger charge is 2.53. The van der Waals surface area contributed by atoms with Crippen LogP contribution in [-0.2, 0) is 0 Å². The molecule has 1 N–H and O–H groups in total. The molecule has 1 heteroatoms. The van der Waals surface area contributed by atoms with Gasteiger partial charge < -0.3 is 5.32 Å². The lowest BCUT2D eigenvalue weighted by atomic mass is 10.0. The van der Waals surface area contributed by atoms with Crippen LogP contribution in [0.4, 0.5) is 0 Å². The maximum absolute atomic E-state index is 3.88. The summed E-state index contributed by atoms with van der Waals surface area (Å²) in [5, 5.41) is 3.88. The van der Waals surface area contributed by atoms with Gasteiger partial charge in [0.05, 0.1) is 0 Å². The van der Waals surface area contributed by atoms with Crippen molar-refractivity contribution in [2.75, 3.05) is 6.54 Å². The van der Waals surface area contributed by atoms with Gasteiger partial charge in [0.2, 0.25) is 0 Å². The van der Waals surface area contributed by atoms with Crippen LogP contribution >= 0.6 is 0 Å². The predicted molar refractivity (Wildman–Crippen MR) is 84.4 cm³/mol. The van der Waals surface area contributed by atoms with Gasteiger partial charge >= 0.3 is 0 Å². The van der Waals surface area contributed by atoms with Crippen LogP contribution in [0.3, 0.4) is 0 Å². The first kappa shape index (κ1) is 15.4. The first-order valence-corrected chi connectivity index (χ1v) is 9.11. The third-order valence-corrected chi connectivity index (χ3v) is 5.46. The van der Waals surface area contributed by atoms with Gasteiger partial charge in [0.25, 0.3) is 0 Å². The molecule has 2 aliphatic carbocycles. The monoisotopic (exact) mass is 265 g/mol. The Morgan fingerprint density at radius 1 is 0.895 bits per heavy atom. The normalized spacial score (nSPS) is 30.9. The van der Waals surface area contributed by atoms with Crippen LogP contribution in [0.2, 0.25) is 0 Å². The fourth-order valence-electron chi connectivity index (χ4n) is 4.37. The molecule has 0 spiro atoms. The molecule has 0 radical (unpaired) electrons. The van der Waals surface area contributed by atoms with Crippen molar-refractivity contribution in [2.24, 2.45) is 17.8 Å².